The molecule has 6 nitrogen and oxygen atoms in total. The molecule has 6 heteroatoms. The molecular formula is C5H5N5O. The van der Waals surface area contributed by atoms with E-state index in [0.717, 1.165) is 0 Å². The summed E-state index contributed by atoms with van der Waals surface area (Å²) in [7, 11) is 0. The van der Waals surface area contributed by atoms with Crippen molar-refractivity contribution < 1.29 is 0 Å². The summed E-state index contributed by atoms with van der Waals surface area (Å²) in [5.74, 6) is 0.0783. The molecule has 0 aliphatic heterocycles. The summed E-state index contributed by atoms with van der Waals surface area (Å²) < 4.78 is 0. The molecule has 2 rings (SSSR count). The van der Waals surface area contributed by atoms with Crippen molar-refractivity contribution in [2.75, 3.05) is 5.73 Å². The van der Waals surface area contributed by atoms with E-state index in [1.54, 1.807) is 0 Å². The standard InChI is InChI=1S/C5H5N5O/c6-5-9-3-2(4(11)10-5)7-1-8-3/h1H,(H4,6,7,8,9,10,11)/i1+1. The van der Waals surface area contributed by atoms with Gasteiger partial charge in [-0.15, -0.1) is 0 Å². The van der Waals surface area contributed by atoms with Gasteiger partial charge in [0.25, 0.3) is 5.56 Å². The highest BCUT2D eigenvalue weighted by Gasteiger charge is 2.01. The first kappa shape index (κ1) is 5.90. The van der Waals surface area contributed by atoms with E-state index in [-0.39, 0.29) is 11.5 Å². The third-order valence-corrected chi connectivity index (χ3v) is 1.31. The Balaban J connectivity index is 3.02. The van der Waals surface area contributed by atoms with E-state index in [4.69, 9.17) is 5.73 Å². The number of anilines is 1. The van der Waals surface area contributed by atoms with Gasteiger partial charge in [-0.05, 0) is 0 Å². The van der Waals surface area contributed by atoms with E-state index >= 15 is 0 Å². The molecule has 0 saturated carbocycles. The van der Waals surface area contributed by atoms with Crippen LogP contribution in [0.1, 0.15) is 0 Å². The van der Waals surface area contributed by atoms with Gasteiger partial charge in [0.05, 0.1) is 6.33 Å². The Labute approximate surface area is 60.5 Å². The number of nitrogen functional groups attached to an aromatic ring is 1. The van der Waals surface area contributed by atoms with Crippen LogP contribution in [-0.4, -0.2) is 19.9 Å². The van der Waals surface area contributed by atoms with Gasteiger partial charge in [0.1, 0.15) is 0 Å². The highest BCUT2D eigenvalue weighted by molar-refractivity contribution is 5.69. The summed E-state index contributed by atoms with van der Waals surface area (Å²) in [4.78, 5) is 23.5. The number of rotatable bonds is 0. The maximum atomic E-state index is 11.0. The smallest absolute Gasteiger partial charge is 0.278 e. The predicted molar refractivity (Wildman–Crippen MR) is 38.9 cm³/mol. The molecule has 0 saturated heterocycles. The molecule has 0 amide bonds. The molecule has 2 aromatic heterocycles. The highest BCUT2D eigenvalue weighted by atomic mass is 16.1. The third kappa shape index (κ3) is 0.759. The van der Waals surface area contributed by atoms with E-state index in [1.807, 2.05) is 0 Å². The lowest BCUT2D eigenvalue weighted by atomic mass is 10.5. The third-order valence-electron chi connectivity index (χ3n) is 1.31. The van der Waals surface area contributed by atoms with E-state index < -0.39 is 0 Å². The second-order valence-corrected chi connectivity index (χ2v) is 2.05. The predicted octanol–water partition coefficient (Wildman–Crippen LogP) is -0.772. The molecule has 0 spiro atoms. The van der Waals surface area contributed by atoms with Gasteiger partial charge in [-0.2, -0.15) is 4.98 Å². The molecule has 0 atom stereocenters. The lowest BCUT2D eigenvalue weighted by Crippen LogP contribution is -2.10. The number of nitrogens with two attached hydrogens (primary N) is 1. The van der Waals surface area contributed by atoms with Crippen LogP contribution in [0.3, 0.4) is 0 Å². The number of nitrogens with one attached hydrogen (secondary N) is 2. The second-order valence-electron chi connectivity index (χ2n) is 2.05. The van der Waals surface area contributed by atoms with E-state index in [9.17, 15) is 4.79 Å². The van der Waals surface area contributed by atoms with Crippen LogP contribution in [-0.2, 0) is 0 Å². The molecule has 0 aromatic carbocycles. The quantitative estimate of drug-likeness (QED) is 0.461. The number of fused-ring (bicyclic) bond motifs is 1. The first-order valence-electron chi connectivity index (χ1n) is 2.96. The van der Waals surface area contributed by atoms with Crippen molar-refractivity contribution in [2.45, 2.75) is 0 Å². The van der Waals surface area contributed by atoms with Crippen molar-refractivity contribution in [3.8, 4) is 0 Å². The normalized spacial score (nSPS) is 10.5. The minimum atomic E-state index is -0.301. The van der Waals surface area contributed by atoms with Gasteiger partial charge in [-0.1, -0.05) is 0 Å². The summed E-state index contributed by atoms with van der Waals surface area (Å²) in [6.45, 7) is 0. The fourth-order valence-corrected chi connectivity index (χ4v) is 0.860. The molecule has 0 bridgehead atoms. The molecule has 11 heavy (non-hydrogen) atoms. The van der Waals surface area contributed by atoms with Gasteiger partial charge in [-0.25, -0.2) is 4.98 Å². The monoisotopic (exact) mass is 152 g/mol. The molecule has 0 radical (unpaired) electrons. The largest absolute Gasteiger partial charge is 0.369 e. The van der Waals surface area contributed by atoms with Crippen molar-refractivity contribution in [3.63, 3.8) is 0 Å². The summed E-state index contributed by atoms with van der Waals surface area (Å²) >= 11 is 0. The van der Waals surface area contributed by atoms with Crippen LogP contribution in [0.5, 0.6) is 0 Å². The topological polar surface area (TPSA) is 100 Å². The zero-order chi connectivity index (χ0) is 7.84. The Hall–Kier alpha value is -1.85. The molecule has 4 N–H and O–H groups in total. The number of hydrogen-bond donors (Lipinski definition) is 3. The average molecular weight is 152 g/mol. The zero-order valence-corrected chi connectivity index (χ0v) is 5.46. The van der Waals surface area contributed by atoms with Gasteiger partial charge >= 0.3 is 0 Å². The molecule has 0 fully saturated rings. The minimum absolute atomic E-state index is 0.0783. The van der Waals surface area contributed by atoms with E-state index in [2.05, 4.69) is 19.9 Å². The summed E-state index contributed by atoms with van der Waals surface area (Å²) in [5.41, 5.74) is 5.65. The fraction of sp³-hybridized carbons (Fsp3) is 0. The number of aromatic nitrogens is 4. The molecule has 2 heterocycles. The van der Waals surface area contributed by atoms with Crippen LogP contribution in [0, 0.1) is 0 Å². The van der Waals surface area contributed by atoms with E-state index in [0.29, 0.717) is 11.2 Å². The Bertz CT molecular complexity index is 441. The van der Waals surface area contributed by atoms with Crippen LogP contribution in [0.4, 0.5) is 5.95 Å². The Morgan fingerprint density at radius 2 is 2.36 bits per heavy atom. The second kappa shape index (κ2) is 1.82. The van der Waals surface area contributed by atoms with Gasteiger partial charge in [-0.3, -0.25) is 9.78 Å². The van der Waals surface area contributed by atoms with Crippen molar-refractivity contribution in [2.24, 2.45) is 0 Å². The van der Waals surface area contributed by atoms with Crippen molar-refractivity contribution in [1.82, 2.24) is 19.9 Å². The Morgan fingerprint density at radius 1 is 1.55 bits per heavy atom. The summed E-state index contributed by atoms with van der Waals surface area (Å²) in [6.07, 6.45) is 1.40. The average Bonchev–Trinajstić information content (AvgIpc) is 2.34. The van der Waals surface area contributed by atoms with Crippen LogP contribution in [0.25, 0.3) is 11.2 Å². The van der Waals surface area contributed by atoms with Crippen molar-refractivity contribution in [3.05, 3.63) is 16.7 Å². The fourth-order valence-electron chi connectivity index (χ4n) is 0.860. The van der Waals surface area contributed by atoms with Gasteiger partial charge in [0.15, 0.2) is 11.2 Å². The highest BCUT2D eigenvalue weighted by Crippen LogP contribution is 1.98. The summed E-state index contributed by atoms with van der Waals surface area (Å²) in [5, 5.41) is 0. The van der Waals surface area contributed by atoms with Gasteiger partial charge in [0, 0.05) is 0 Å². The zero-order valence-electron chi connectivity index (χ0n) is 5.46. The molecule has 0 aliphatic carbocycles. The molecule has 0 aliphatic rings. The number of imidazole rings is 1. The molecular weight excluding hydrogens is 147 g/mol. The maximum absolute atomic E-state index is 11.0. The van der Waals surface area contributed by atoms with Gasteiger partial charge < -0.3 is 10.7 Å². The van der Waals surface area contributed by atoms with Gasteiger partial charge in [0.2, 0.25) is 5.95 Å². The van der Waals surface area contributed by atoms with Crippen LogP contribution in [0.15, 0.2) is 11.1 Å². The maximum Gasteiger partial charge on any atom is 0.278 e. The first-order chi connectivity index (χ1) is 5.27. The van der Waals surface area contributed by atoms with Crippen LogP contribution in [0.2, 0.25) is 0 Å². The molecule has 2 aromatic rings. The Morgan fingerprint density at radius 3 is 3.18 bits per heavy atom. The lowest BCUT2D eigenvalue weighted by molar-refractivity contribution is 1.17. The van der Waals surface area contributed by atoms with E-state index in [1.165, 1.54) is 6.33 Å². The van der Waals surface area contributed by atoms with Crippen LogP contribution >= 0.6 is 0 Å². The SMILES string of the molecule is Nc1nc2n[13cH][nH]c2c(=O)[nH]1. The first-order valence-corrected chi connectivity index (χ1v) is 2.96. The number of hydrogen-bond acceptors (Lipinski definition) is 4. The van der Waals surface area contributed by atoms with Crippen molar-refractivity contribution in [1.29, 1.82) is 0 Å². The number of nitrogens with zero attached hydrogens (tertiary/aromatic N) is 2. The number of H-pyrrole nitrogens is 2. The van der Waals surface area contributed by atoms with Crippen molar-refractivity contribution >= 4 is 17.1 Å². The number of aromatic amines is 2. The molecule has 56 valence electrons. The molecule has 0 unspecified atom stereocenters. The summed E-state index contributed by atoms with van der Waals surface area (Å²) in [6, 6.07) is 0. The minimum Gasteiger partial charge on any atom is -0.369 e. The Kier molecular flexibility index (Phi) is 0.974. The van der Waals surface area contributed by atoms with Crippen LogP contribution < -0.4 is 11.3 Å². The lowest BCUT2D eigenvalue weighted by Gasteiger charge is -1.89.